The maximum atomic E-state index is 10.6. The molecule has 86 valence electrons. The molecule has 0 amide bonds. The molecule has 2 heterocycles. The van der Waals surface area contributed by atoms with Crippen molar-refractivity contribution < 1.29 is 9.53 Å². The van der Waals surface area contributed by atoms with Gasteiger partial charge < -0.3 is 14.4 Å². The number of rotatable bonds is 3. The summed E-state index contributed by atoms with van der Waals surface area (Å²) in [5, 5.41) is 0. The topological polar surface area (TPSA) is 42.4 Å². The smallest absolute Gasteiger partial charge is 0.214 e. The molecule has 4 heteroatoms. The second-order valence-corrected chi connectivity index (χ2v) is 4.00. The lowest BCUT2D eigenvalue weighted by Crippen LogP contribution is -2.34. The van der Waals surface area contributed by atoms with Gasteiger partial charge in [0.05, 0.1) is 7.11 Å². The highest BCUT2D eigenvalue weighted by Crippen LogP contribution is 2.22. The molecule has 1 fully saturated rings. The Balaban J connectivity index is 2.04. The summed E-state index contributed by atoms with van der Waals surface area (Å²) in [5.41, 5.74) is 0. The van der Waals surface area contributed by atoms with E-state index >= 15 is 0 Å². The van der Waals surface area contributed by atoms with E-state index in [4.69, 9.17) is 4.74 Å². The van der Waals surface area contributed by atoms with Crippen LogP contribution in [0, 0.1) is 5.92 Å². The highest BCUT2D eigenvalue weighted by Gasteiger charge is 2.19. The summed E-state index contributed by atoms with van der Waals surface area (Å²) in [6.07, 6.45) is 2.90. The summed E-state index contributed by atoms with van der Waals surface area (Å²) in [7, 11) is 1.62. The van der Waals surface area contributed by atoms with Gasteiger partial charge in [0, 0.05) is 25.1 Å². The fraction of sp³-hybridized carbons (Fsp3) is 0.500. The van der Waals surface area contributed by atoms with Crippen LogP contribution in [0.4, 0.5) is 5.82 Å². The first-order chi connectivity index (χ1) is 7.83. The van der Waals surface area contributed by atoms with Crippen molar-refractivity contribution in [1.29, 1.82) is 0 Å². The normalized spacial score (nSPS) is 17.2. The van der Waals surface area contributed by atoms with Gasteiger partial charge in [0.25, 0.3) is 0 Å². The Morgan fingerprint density at radius 1 is 1.44 bits per heavy atom. The van der Waals surface area contributed by atoms with Crippen LogP contribution < -0.4 is 9.64 Å². The van der Waals surface area contributed by atoms with Crippen molar-refractivity contribution >= 4 is 12.1 Å². The van der Waals surface area contributed by atoms with Gasteiger partial charge in [0.2, 0.25) is 5.88 Å². The quantitative estimate of drug-likeness (QED) is 0.724. The SMILES string of the molecule is COc1cccc(N2CCC(C=O)CC2)n1. The predicted molar refractivity (Wildman–Crippen MR) is 61.8 cm³/mol. The Bertz CT molecular complexity index is 360. The van der Waals surface area contributed by atoms with Crippen LogP contribution in [-0.2, 0) is 4.79 Å². The van der Waals surface area contributed by atoms with Crippen LogP contribution in [0.3, 0.4) is 0 Å². The molecular formula is C12H16N2O2. The first-order valence-corrected chi connectivity index (χ1v) is 5.55. The molecule has 0 bridgehead atoms. The summed E-state index contributed by atoms with van der Waals surface area (Å²) < 4.78 is 5.09. The van der Waals surface area contributed by atoms with Gasteiger partial charge in [-0.05, 0) is 18.9 Å². The van der Waals surface area contributed by atoms with Crippen molar-refractivity contribution in [3.63, 3.8) is 0 Å². The average molecular weight is 220 g/mol. The molecule has 0 saturated carbocycles. The molecule has 0 radical (unpaired) electrons. The zero-order chi connectivity index (χ0) is 11.4. The van der Waals surface area contributed by atoms with Gasteiger partial charge in [-0.3, -0.25) is 0 Å². The Hall–Kier alpha value is -1.58. The van der Waals surface area contributed by atoms with Gasteiger partial charge in [-0.15, -0.1) is 0 Å². The van der Waals surface area contributed by atoms with Crippen molar-refractivity contribution in [2.75, 3.05) is 25.1 Å². The Morgan fingerprint density at radius 3 is 2.81 bits per heavy atom. The molecule has 4 nitrogen and oxygen atoms in total. The Kier molecular flexibility index (Phi) is 3.39. The van der Waals surface area contributed by atoms with E-state index in [0.717, 1.165) is 38.0 Å². The van der Waals surface area contributed by atoms with Gasteiger partial charge in [0.1, 0.15) is 12.1 Å². The van der Waals surface area contributed by atoms with Gasteiger partial charge >= 0.3 is 0 Å². The summed E-state index contributed by atoms with van der Waals surface area (Å²) in [5.74, 6) is 1.79. The van der Waals surface area contributed by atoms with Crippen LogP contribution in [0.5, 0.6) is 5.88 Å². The largest absolute Gasteiger partial charge is 0.481 e. The molecule has 0 aliphatic carbocycles. The van der Waals surface area contributed by atoms with Crippen molar-refractivity contribution in [3.8, 4) is 5.88 Å². The molecule has 2 rings (SSSR count). The summed E-state index contributed by atoms with van der Waals surface area (Å²) >= 11 is 0. The molecule has 16 heavy (non-hydrogen) atoms. The van der Waals surface area contributed by atoms with Crippen molar-refractivity contribution in [1.82, 2.24) is 4.98 Å². The lowest BCUT2D eigenvalue weighted by atomic mass is 9.99. The zero-order valence-electron chi connectivity index (χ0n) is 9.43. The maximum absolute atomic E-state index is 10.6. The third-order valence-corrected chi connectivity index (χ3v) is 2.97. The van der Waals surface area contributed by atoms with Crippen LogP contribution in [0.2, 0.25) is 0 Å². The second kappa shape index (κ2) is 4.96. The monoisotopic (exact) mass is 220 g/mol. The molecule has 0 atom stereocenters. The predicted octanol–water partition coefficient (Wildman–Crippen LogP) is 1.51. The maximum Gasteiger partial charge on any atom is 0.214 e. The first-order valence-electron chi connectivity index (χ1n) is 5.55. The van der Waals surface area contributed by atoms with E-state index < -0.39 is 0 Å². The van der Waals surface area contributed by atoms with Gasteiger partial charge in [-0.25, -0.2) is 0 Å². The number of ether oxygens (including phenoxy) is 1. The number of carbonyl (C=O) groups excluding carboxylic acids is 1. The van der Waals surface area contributed by atoms with E-state index in [9.17, 15) is 4.79 Å². The number of aromatic nitrogens is 1. The number of pyridine rings is 1. The third-order valence-electron chi connectivity index (χ3n) is 2.97. The molecule has 1 saturated heterocycles. The van der Waals surface area contributed by atoms with Crippen molar-refractivity contribution in [2.45, 2.75) is 12.8 Å². The molecule has 0 spiro atoms. The minimum atomic E-state index is 0.224. The van der Waals surface area contributed by atoms with Gasteiger partial charge in [-0.1, -0.05) is 6.07 Å². The number of hydrogen-bond acceptors (Lipinski definition) is 4. The third kappa shape index (κ3) is 2.32. The first kappa shape index (κ1) is 10.9. The van der Waals surface area contributed by atoms with Crippen LogP contribution >= 0.6 is 0 Å². The number of carbonyl (C=O) groups is 1. The lowest BCUT2D eigenvalue weighted by Gasteiger charge is -2.30. The zero-order valence-corrected chi connectivity index (χ0v) is 9.43. The van der Waals surface area contributed by atoms with Gasteiger partial charge in [0.15, 0.2) is 0 Å². The molecule has 1 aromatic rings. The van der Waals surface area contributed by atoms with Crippen LogP contribution in [0.1, 0.15) is 12.8 Å². The molecule has 0 aromatic carbocycles. The number of methoxy groups -OCH3 is 1. The van der Waals surface area contributed by atoms with E-state index in [1.54, 1.807) is 7.11 Å². The molecule has 0 unspecified atom stereocenters. The molecular weight excluding hydrogens is 204 g/mol. The second-order valence-electron chi connectivity index (χ2n) is 4.00. The lowest BCUT2D eigenvalue weighted by molar-refractivity contribution is -0.111. The minimum Gasteiger partial charge on any atom is -0.481 e. The molecule has 1 aromatic heterocycles. The van der Waals surface area contributed by atoms with Crippen LogP contribution in [-0.4, -0.2) is 31.5 Å². The molecule has 1 aliphatic rings. The summed E-state index contributed by atoms with van der Waals surface area (Å²) in [4.78, 5) is 17.2. The Morgan fingerprint density at radius 2 is 2.19 bits per heavy atom. The van der Waals surface area contributed by atoms with E-state index in [-0.39, 0.29) is 5.92 Å². The van der Waals surface area contributed by atoms with Crippen molar-refractivity contribution in [2.24, 2.45) is 5.92 Å². The number of nitrogens with zero attached hydrogens (tertiary/aromatic N) is 2. The van der Waals surface area contributed by atoms with Crippen LogP contribution in [0.25, 0.3) is 0 Å². The standard InChI is InChI=1S/C12H16N2O2/c1-16-12-4-2-3-11(13-12)14-7-5-10(9-15)6-8-14/h2-4,9-10H,5-8H2,1H3. The Labute approximate surface area is 95.2 Å². The van der Waals surface area contributed by atoms with E-state index in [1.807, 2.05) is 18.2 Å². The highest BCUT2D eigenvalue weighted by molar-refractivity contribution is 5.54. The summed E-state index contributed by atoms with van der Waals surface area (Å²) in [6, 6.07) is 5.75. The summed E-state index contributed by atoms with van der Waals surface area (Å²) in [6.45, 7) is 1.78. The number of anilines is 1. The highest BCUT2D eigenvalue weighted by atomic mass is 16.5. The fourth-order valence-corrected chi connectivity index (χ4v) is 1.96. The molecule has 1 aliphatic heterocycles. The fourth-order valence-electron chi connectivity index (χ4n) is 1.96. The van der Waals surface area contributed by atoms with Crippen molar-refractivity contribution in [3.05, 3.63) is 18.2 Å². The number of aldehydes is 1. The van der Waals surface area contributed by atoms with Gasteiger partial charge in [-0.2, -0.15) is 4.98 Å². The van der Waals surface area contributed by atoms with E-state index in [1.165, 1.54) is 0 Å². The average Bonchev–Trinajstić information content (AvgIpc) is 2.39. The van der Waals surface area contributed by atoms with E-state index in [0.29, 0.717) is 5.88 Å². The minimum absolute atomic E-state index is 0.224. The van der Waals surface area contributed by atoms with E-state index in [2.05, 4.69) is 9.88 Å². The number of hydrogen-bond donors (Lipinski definition) is 0. The molecule has 0 N–H and O–H groups in total. The van der Waals surface area contributed by atoms with Crippen LogP contribution in [0.15, 0.2) is 18.2 Å². The number of piperidine rings is 1.